The normalized spacial score (nSPS) is 19.0. The Morgan fingerprint density at radius 3 is 2.52 bits per heavy atom. The first-order valence-electron chi connectivity index (χ1n) is 10.5. The molecule has 5 heteroatoms. The number of rotatable bonds is 4. The van der Waals surface area contributed by atoms with E-state index in [1.54, 1.807) is 11.3 Å². The number of benzene rings is 1. The summed E-state index contributed by atoms with van der Waals surface area (Å²) in [4.78, 5) is 31.7. The van der Waals surface area contributed by atoms with Crippen LogP contribution in [0.15, 0.2) is 35.7 Å². The third-order valence-corrected chi connectivity index (χ3v) is 6.96. The van der Waals surface area contributed by atoms with E-state index in [4.69, 9.17) is 0 Å². The molecule has 2 amide bonds. The first kappa shape index (κ1) is 20.1. The van der Waals surface area contributed by atoms with Crippen molar-refractivity contribution in [1.82, 2.24) is 9.80 Å². The maximum absolute atomic E-state index is 13.5. The lowest BCUT2D eigenvalue weighted by molar-refractivity contribution is -0.147. The largest absolute Gasteiger partial charge is 0.330 e. The van der Waals surface area contributed by atoms with E-state index in [2.05, 4.69) is 30.5 Å². The average molecular weight is 411 g/mol. The average Bonchev–Trinajstić information content (AvgIpc) is 3.40. The van der Waals surface area contributed by atoms with Gasteiger partial charge in [-0.15, -0.1) is 11.3 Å². The van der Waals surface area contributed by atoms with E-state index in [1.165, 1.54) is 21.6 Å². The van der Waals surface area contributed by atoms with Crippen LogP contribution in [-0.4, -0.2) is 40.7 Å². The predicted molar refractivity (Wildman–Crippen MR) is 117 cm³/mol. The SMILES string of the molecule is Cc1ccccc1C1c2ccsc2CCN1C(=O)CN(C(=O)C(C)(C)C)C1CC1. The number of fused-ring (bicyclic) bond motifs is 1. The van der Waals surface area contributed by atoms with Gasteiger partial charge in [0.05, 0.1) is 6.04 Å². The molecule has 29 heavy (non-hydrogen) atoms. The lowest BCUT2D eigenvalue weighted by Crippen LogP contribution is -2.49. The number of nitrogens with zero attached hydrogens (tertiary/aromatic N) is 2. The first-order valence-corrected chi connectivity index (χ1v) is 11.4. The van der Waals surface area contributed by atoms with Crippen LogP contribution in [0.4, 0.5) is 0 Å². The minimum Gasteiger partial charge on any atom is -0.330 e. The smallest absolute Gasteiger partial charge is 0.243 e. The maximum atomic E-state index is 13.5. The zero-order valence-electron chi connectivity index (χ0n) is 17.8. The Labute approximate surface area is 177 Å². The molecule has 0 saturated heterocycles. The van der Waals surface area contributed by atoms with E-state index < -0.39 is 5.41 Å². The fourth-order valence-electron chi connectivity index (χ4n) is 4.23. The molecule has 1 atom stereocenters. The highest BCUT2D eigenvalue weighted by molar-refractivity contribution is 7.10. The minimum absolute atomic E-state index is 0.0552. The van der Waals surface area contributed by atoms with Gasteiger partial charge in [0.15, 0.2) is 0 Å². The molecule has 2 aliphatic rings. The third kappa shape index (κ3) is 3.97. The van der Waals surface area contributed by atoms with Crippen molar-refractivity contribution in [3.05, 3.63) is 57.3 Å². The second-order valence-corrected chi connectivity index (χ2v) is 10.3. The van der Waals surface area contributed by atoms with Crippen molar-refractivity contribution in [3.8, 4) is 0 Å². The van der Waals surface area contributed by atoms with Crippen LogP contribution in [-0.2, 0) is 16.0 Å². The van der Waals surface area contributed by atoms with E-state index >= 15 is 0 Å². The zero-order valence-corrected chi connectivity index (χ0v) is 18.6. The summed E-state index contributed by atoms with van der Waals surface area (Å²) in [7, 11) is 0. The molecule has 4 rings (SSSR count). The summed E-state index contributed by atoms with van der Waals surface area (Å²) in [5.74, 6) is 0.133. The number of carbonyl (C=O) groups excluding carboxylic acids is 2. The fraction of sp³-hybridized carbons (Fsp3) is 0.500. The van der Waals surface area contributed by atoms with Gasteiger partial charge < -0.3 is 9.80 Å². The molecule has 2 aromatic rings. The van der Waals surface area contributed by atoms with Gasteiger partial charge in [-0.05, 0) is 54.3 Å². The number of hydrogen-bond donors (Lipinski definition) is 0. The molecule has 1 saturated carbocycles. The molecule has 1 aliphatic heterocycles. The molecule has 0 bridgehead atoms. The Balaban J connectivity index is 1.65. The van der Waals surface area contributed by atoms with Crippen LogP contribution in [0.2, 0.25) is 0 Å². The van der Waals surface area contributed by atoms with E-state index in [1.807, 2.05) is 42.7 Å². The van der Waals surface area contributed by atoms with Crippen molar-refractivity contribution in [3.63, 3.8) is 0 Å². The Hall–Kier alpha value is -2.14. The predicted octanol–water partition coefficient (Wildman–Crippen LogP) is 4.57. The van der Waals surface area contributed by atoms with Crippen LogP contribution in [0.1, 0.15) is 61.2 Å². The highest BCUT2D eigenvalue weighted by atomic mass is 32.1. The van der Waals surface area contributed by atoms with Crippen LogP contribution in [0.25, 0.3) is 0 Å². The number of hydrogen-bond acceptors (Lipinski definition) is 3. The Bertz CT molecular complexity index is 923. The molecule has 154 valence electrons. The van der Waals surface area contributed by atoms with Crippen molar-refractivity contribution in [2.45, 2.75) is 59.0 Å². The van der Waals surface area contributed by atoms with Crippen molar-refractivity contribution < 1.29 is 9.59 Å². The molecule has 1 fully saturated rings. The Kier molecular flexibility index (Phi) is 5.28. The zero-order chi connectivity index (χ0) is 20.8. The summed E-state index contributed by atoms with van der Waals surface area (Å²) in [6.07, 6.45) is 2.90. The monoisotopic (exact) mass is 410 g/mol. The van der Waals surface area contributed by atoms with Gasteiger partial charge in [-0.25, -0.2) is 0 Å². The topological polar surface area (TPSA) is 40.6 Å². The molecule has 1 aromatic heterocycles. The molecular weight excluding hydrogens is 380 g/mol. The van der Waals surface area contributed by atoms with E-state index in [9.17, 15) is 9.59 Å². The molecule has 0 radical (unpaired) electrons. The van der Waals surface area contributed by atoms with E-state index in [0.717, 1.165) is 19.3 Å². The standard InChI is InChI=1S/C24H30N2O2S/c1-16-7-5-6-8-18(16)22-19-12-14-29-20(19)11-13-25(22)21(27)15-26(17-9-10-17)23(28)24(2,3)4/h5-8,12,14,17,22H,9-11,13,15H2,1-4H3. The van der Waals surface area contributed by atoms with Crippen LogP contribution in [0, 0.1) is 12.3 Å². The number of thiophene rings is 1. The van der Waals surface area contributed by atoms with Crippen molar-refractivity contribution in [2.75, 3.05) is 13.1 Å². The molecule has 0 spiro atoms. The van der Waals surface area contributed by atoms with Crippen LogP contribution in [0.3, 0.4) is 0 Å². The molecule has 1 unspecified atom stereocenters. The molecule has 0 N–H and O–H groups in total. The van der Waals surface area contributed by atoms with E-state index in [-0.39, 0.29) is 30.4 Å². The van der Waals surface area contributed by atoms with Gasteiger partial charge in [0.25, 0.3) is 0 Å². The van der Waals surface area contributed by atoms with Crippen LogP contribution < -0.4 is 0 Å². The second kappa shape index (κ2) is 7.60. The Morgan fingerprint density at radius 2 is 1.86 bits per heavy atom. The van der Waals surface area contributed by atoms with Crippen LogP contribution in [0.5, 0.6) is 0 Å². The maximum Gasteiger partial charge on any atom is 0.243 e. The minimum atomic E-state index is -0.472. The summed E-state index contributed by atoms with van der Waals surface area (Å²) in [6, 6.07) is 10.7. The lowest BCUT2D eigenvalue weighted by atomic mass is 9.90. The highest BCUT2D eigenvalue weighted by Gasteiger charge is 2.41. The van der Waals surface area contributed by atoms with Gasteiger partial charge in [0.1, 0.15) is 6.54 Å². The fourth-order valence-corrected chi connectivity index (χ4v) is 5.14. The van der Waals surface area contributed by atoms with Gasteiger partial charge in [-0.2, -0.15) is 0 Å². The van der Waals surface area contributed by atoms with E-state index in [0.29, 0.717) is 6.54 Å². The molecule has 1 aliphatic carbocycles. The second-order valence-electron chi connectivity index (χ2n) is 9.31. The van der Waals surface area contributed by atoms with Gasteiger partial charge in [-0.3, -0.25) is 9.59 Å². The van der Waals surface area contributed by atoms with Gasteiger partial charge in [0.2, 0.25) is 11.8 Å². The van der Waals surface area contributed by atoms with Crippen LogP contribution >= 0.6 is 11.3 Å². The lowest BCUT2D eigenvalue weighted by Gasteiger charge is -2.39. The third-order valence-electron chi connectivity index (χ3n) is 5.97. The first-order chi connectivity index (χ1) is 13.8. The summed E-state index contributed by atoms with van der Waals surface area (Å²) in [6.45, 7) is 8.80. The van der Waals surface area contributed by atoms with Crippen molar-refractivity contribution >= 4 is 23.2 Å². The van der Waals surface area contributed by atoms with Gasteiger partial charge in [0, 0.05) is 22.9 Å². The summed E-state index contributed by atoms with van der Waals surface area (Å²) in [5, 5.41) is 2.13. The highest BCUT2D eigenvalue weighted by Crippen LogP contribution is 2.39. The van der Waals surface area contributed by atoms with Gasteiger partial charge >= 0.3 is 0 Å². The molecular formula is C24H30N2O2S. The number of aryl methyl sites for hydroxylation is 1. The van der Waals surface area contributed by atoms with Gasteiger partial charge in [-0.1, -0.05) is 45.0 Å². The molecule has 4 nitrogen and oxygen atoms in total. The number of amides is 2. The quantitative estimate of drug-likeness (QED) is 0.741. The Morgan fingerprint density at radius 1 is 1.14 bits per heavy atom. The molecule has 2 heterocycles. The number of carbonyl (C=O) groups is 2. The molecule has 1 aromatic carbocycles. The summed E-state index contributed by atoms with van der Waals surface area (Å²) >= 11 is 1.78. The summed E-state index contributed by atoms with van der Waals surface area (Å²) in [5.41, 5.74) is 3.14. The van der Waals surface area contributed by atoms with Crippen molar-refractivity contribution in [1.29, 1.82) is 0 Å². The summed E-state index contributed by atoms with van der Waals surface area (Å²) < 4.78 is 0. The van der Waals surface area contributed by atoms with Crippen molar-refractivity contribution in [2.24, 2.45) is 5.41 Å².